The minimum absolute atomic E-state index is 0.101. The predicted molar refractivity (Wildman–Crippen MR) is 70.9 cm³/mol. The number of hydrazone groups is 1. The lowest BCUT2D eigenvalue weighted by atomic mass is 10.0. The second kappa shape index (κ2) is 5.53. The number of anilines is 1. The highest BCUT2D eigenvalue weighted by Gasteiger charge is 2.20. The molecule has 18 heavy (non-hydrogen) atoms. The van der Waals surface area contributed by atoms with Gasteiger partial charge in [0.2, 0.25) is 0 Å². The van der Waals surface area contributed by atoms with Crippen molar-refractivity contribution in [3.05, 3.63) is 24.3 Å². The summed E-state index contributed by atoms with van der Waals surface area (Å²) in [6, 6.07) is 7.68. The van der Waals surface area contributed by atoms with Crippen LogP contribution in [0, 0.1) is 0 Å². The van der Waals surface area contributed by atoms with Gasteiger partial charge in [-0.05, 0) is 31.9 Å². The molecule has 1 saturated heterocycles. The molecule has 0 saturated carbocycles. The molecule has 2 N–H and O–H groups in total. The number of carbonyl (C=O) groups is 1. The Balaban J connectivity index is 2.08. The molecule has 1 aromatic rings. The van der Waals surface area contributed by atoms with E-state index in [1.165, 1.54) is 0 Å². The van der Waals surface area contributed by atoms with Gasteiger partial charge >= 0.3 is 0 Å². The van der Waals surface area contributed by atoms with Crippen LogP contribution in [0.4, 0.5) is 5.69 Å². The lowest BCUT2D eigenvalue weighted by Crippen LogP contribution is -2.43. The maximum Gasteiger partial charge on any atom is 0.267 e. The molecule has 2 rings (SSSR count). The van der Waals surface area contributed by atoms with Crippen LogP contribution in [0.15, 0.2) is 29.4 Å². The number of piperidine rings is 1. The average Bonchev–Trinajstić information content (AvgIpc) is 2.38. The highest BCUT2D eigenvalue weighted by Crippen LogP contribution is 2.23. The first-order valence-electron chi connectivity index (χ1n) is 5.97. The van der Waals surface area contributed by atoms with Crippen molar-refractivity contribution in [1.29, 1.82) is 0 Å². The van der Waals surface area contributed by atoms with Gasteiger partial charge in [0.25, 0.3) is 5.91 Å². The van der Waals surface area contributed by atoms with Gasteiger partial charge in [0.15, 0.2) is 0 Å². The van der Waals surface area contributed by atoms with Crippen LogP contribution in [-0.4, -0.2) is 24.8 Å². The molecule has 1 unspecified atom stereocenters. The van der Waals surface area contributed by atoms with E-state index in [-0.39, 0.29) is 11.9 Å². The van der Waals surface area contributed by atoms with Gasteiger partial charge in [-0.1, -0.05) is 12.1 Å². The van der Waals surface area contributed by atoms with Crippen LogP contribution in [0.3, 0.4) is 0 Å². The van der Waals surface area contributed by atoms with Crippen molar-refractivity contribution in [2.75, 3.05) is 12.5 Å². The topological polar surface area (TPSA) is 62.7 Å². The quantitative estimate of drug-likeness (QED) is 0.800. The molecule has 5 nitrogen and oxygen atoms in total. The normalized spacial score (nSPS) is 21.6. The summed E-state index contributed by atoms with van der Waals surface area (Å²) in [7, 11) is 1.60. The Morgan fingerprint density at radius 2 is 2.22 bits per heavy atom. The van der Waals surface area contributed by atoms with Crippen LogP contribution < -0.4 is 15.5 Å². The summed E-state index contributed by atoms with van der Waals surface area (Å²) in [4.78, 5) is 11.7. The van der Waals surface area contributed by atoms with Crippen LogP contribution in [0.1, 0.15) is 19.8 Å². The zero-order valence-corrected chi connectivity index (χ0v) is 10.6. The van der Waals surface area contributed by atoms with Crippen molar-refractivity contribution in [3.8, 4) is 5.75 Å². The number of hydrogen-bond donors (Lipinski definition) is 2. The fraction of sp³-hybridized carbons (Fsp3) is 0.385. The summed E-state index contributed by atoms with van der Waals surface area (Å²) in [5.41, 5.74) is 4.16. The largest absolute Gasteiger partial charge is 0.495 e. The molecule has 1 atom stereocenters. The third-order valence-corrected chi connectivity index (χ3v) is 2.87. The summed E-state index contributed by atoms with van der Waals surface area (Å²) >= 11 is 0. The number of nitrogens with one attached hydrogen (secondary N) is 2. The number of nitrogens with zero attached hydrogens (tertiary/aromatic N) is 1. The van der Waals surface area contributed by atoms with Crippen molar-refractivity contribution in [1.82, 2.24) is 5.32 Å². The molecule has 96 valence electrons. The summed E-state index contributed by atoms with van der Waals surface area (Å²) in [6.07, 6.45) is 1.60. The third kappa shape index (κ3) is 2.80. The molecule has 1 aromatic carbocycles. The van der Waals surface area contributed by atoms with Gasteiger partial charge in [0, 0.05) is 6.04 Å². The van der Waals surface area contributed by atoms with E-state index in [1.807, 2.05) is 31.2 Å². The van der Waals surface area contributed by atoms with Crippen LogP contribution in [0.2, 0.25) is 0 Å². The smallest absolute Gasteiger partial charge is 0.267 e. The van der Waals surface area contributed by atoms with E-state index in [9.17, 15) is 4.79 Å². The van der Waals surface area contributed by atoms with E-state index in [0.717, 1.165) is 12.1 Å². The first kappa shape index (κ1) is 12.4. The molecule has 1 heterocycles. The van der Waals surface area contributed by atoms with Gasteiger partial charge < -0.3 is 10.1 Å². The SMILES string of the molecule is COc1ccccc1N/N=C1/CCC(C)NC1=O. The molecule has 1 fully saturated rings. The minimum atomic E-state index is -0.101. The molecular formula is C13H17N3O2. The lowest BCUT2D eigenvalue weighted by Gasteiger charge is -2.20. The van der Waals surface area contributed by atoms with Gasteiger partial charge in [0.05, 0.1) is 12.8 Å². The van der Waals surface area contributed by atoms with E-state index in [0.29, 0.717) is 17.9 Å². The maximum absolute atomic E-state index is 11.7. The summed E-state index contributed by atoms with van der Waals surface area (Å²) < 4.78 is 5.20. The van der Waals surface area contributed by atoms with Crippen molar-refractivity contribution < 1.29 is 9.53 Å². The Morgan fingerprint density at radius 1 is 1.44 bits per heavy atom. The molecule has 5 heteroatoms. The Kier molecular flexibility index (Phi) is 3.82. The molecule has 0 spiro atoms. The van der Waals surface area contributed by atoms with Gasteiger partial charge in [-0.15, -0.1) is 0 Å². The molecule has 0 bridgehead atoms. The van der Waals surface area contributed by atoms with Gasteiger partial charge in [-0.25, -0.2) is 0 Å². The Bertz CT molecular complexity index is 471. The summed E-state index contributed by atoms with van der Waals surface area (Å²) in [5, 5.41) is 7.01. The van der Waals surface area contributed by atoms with Crippen LogP contribution >= 0.6 is 0 Å². The monoisotopic (exact) mass is 247 g/mol. The van der Waals surface area contributed by atoms with Crippen molar-refractivity contribution in [2.45, 2.75) is 25.8 Å². The van der Waals surface area contributed by atoms with E-state index in [4.69, 9.17) is 4.74 Å². The van der Waals surface area contributed by atoms with E-state index < -0.39 is 0 Å². The highest BCUT2D eigenvalue weighted by molar-refractivity contribution is 6.39. The fourth-order valence-corrected chi connectivity index (χ4v) is 1.82. The van der Waals surface area contributed by atoms with Gasteiger partial charge in [0.1, 0.15) is 11.5 Å². The third-order valence-electron chi connectivity index (χ3n) is 2.87. The molecule has 0 radical (unpaired) electrons. The molecule has 1 amide bonds. The Labute approximate surface area is 106 Å². The van der Waals surface area contributed by atoms with Crippen LogP contribution in [-0.2, 0) is 4.79 Å². The highest BCUT2D eigenvalue weighted by atomic mass is 16.5. The number of rotatable bonds is 3. The number of benzene rings is 1. The summed E-state index contributed by atoms with van der Waals surface area (Å²) in [5.74, 6) is 0.600. The average molecular weight is 247 g/mol. The van der Waals surface area contributed by atoms with E-state index in [2.05, 4.69) is 15.8 Å². The zero-order chi connectivity index (χ0) is 13.0. The molecule has 0 aromatic heterocycles. The second-order valence-electron chi connectivity index (χ2n) is 4.28. The first-order chi connectivity index (χ1) is 8.70. The minimum Gasteiger partial charge on any atom is -0.495 e. The second-order valence-corrected chi connectivity index (χ2v) is 4.28. The Hall–Kier alpha value is -2.04. The first-order valence-corrected chi connectivity index (χ1v) is 5.97. The zero-order valence-electron chi connectivity index (χ0n) is 10.6. The molecular weight excluding hydrogens is 230 g/mol. The number of amides is 1. The van der Waals surface area contributed by atoms with Gasteiger partial charge in [-0.2, -0.15) is 5.10 Å². The standard InChI is InChI=1S/C13H17N3O2/c1-9-7-8-11(13(17)14-9)16-15-10-5-3-4-6-12(10)18-2/h3-6,9,15H,7-8H2,1-2H3,(H,14,17)/b16-11-. The van der Waals surface area contributed by atoms with E-state index >= 15 is 0 Å². The fourth-order valence-electron chi connectivity index (χ4n) is 1.82. The maximum atomic E-state index is 11.7. The van der Waals surface area contributed by atoms with Crippen LogP contribution in [0.5, 0.6) is 5.75 Å². The lowest BCUT2D eigenvalue weighted by molar-refractivity contribution is -0.116. The summed E-state index contributed by atoms with van der Waals surface area (Å²) in [6.45, 7) is 1.99. The number of carbonyl (C=O) groups excluding carboxylic acids is 1. The number of para-hydroxylation sites is 2. The molecule has 1 aliphatic rings. The predicted octanol–water partition coefficient (Wildman–Crippen LogP) is 1.76. The number of methoxy groups -OCH3 is 1. The van der Waals surface area contributed by atoms with Crippen molar-refractivity contribution in [3.63, 3.8) is 0 Å². The molecule has 0 aliphatic carbocycles. The van der Waals surface area contributed by atoms with Crippen molar-refractivity contribution in [2.24, 2.45) is 5.10 Å². The van der Waals surface area contributed by atoms with Crippen molar-refractivity contribution >= 4 is 17.3 Å². The van der Waals surface area contributed by atoms with Gasteiger partial charge in [-0.3, -0.25) is 10.2 Å². The van der Waals surface area contributed by atoms with Crippen LogP contribution in [0.25, 0.3) is 0 Å². The van der Waals surface area contributed by atoms with E-state index in [1.54, 1.807) is 7.11 Å². The molecule has 1 aliphatic heterocycles. The Morgan fingerprint density at radius 3 is 2.94 bits per heavy atom. The number of hydrogen-bond acceptors (Lipinski definition) is 4. The number of ether oxygens (including phenoxy) is 1.